The first-order chi connectivity index (χ1) is 10.6. The van der Waals surface area contributed by atoms with Crippen LogP contribution in [0.1, 0.15) is 11.1 Å². The molecular weight excluding hydrogens is 302 g/mol. The maximum Gasteiger partial charge on any atom is 0.256 e. The molecule has 6 heteroatoms. The summed E-state index contributed by atoms with van der Waals surface area (Å²) in [6, 6.07) is 7.26. The van der Waals surface area contributed by atoms with Crippen molar-refractivity contribution in [3.63, 3.8) is 0 Å². The van der Waals surface area contributed by atoms with Crippen LogP contribution in [-0.2, 0) is 11.3 Å². The molecule has 1 heterocycles. The van der Waals surface area contributed by atoms with E-state index < -0.39 is 0 Å². The molecule has 1 aromatic carbocycles. The van der Waals surface area contributed by atoms with E-state index in [9.17, 15) is 9.59 Å². The summed E-state index contributed by atoms with van der Waals surface area (Å²) in [7, 11) is 0. The summed E-state index contributed by atoms with van der Waals surface area (Å²) < 4.78 is 1.47. The van der Waals surface area contributed by atoms with E-state index in [1.807, 2.05) is 18.2 Å². The zero-order valence-corrected chi connectivity index (χ0v) is 12.9. The fourth-order valence-corrected chi connectivity index (χ4v) is 2.05. The van der Waals surface area contributed by atoms with Crippen molar-refractivity contribution in [2.24, 2.45) is 0 Å². The quantitative estimate of drug-likeness (QED) is 0.858. The fraction of sp³-hybridized carbons (Fsp3) is 0.188. The number of carbonyl (C=O) groups excluding carboxylic acids is 1. The van der Waals surface area contributed by atoms with Crippen molar-refractivity contribution in [3.05, 3.63) is 69.4 Å². The first kappa shape index (κ1) is 16.0. The van der Waals surface area contributed by atoms with Crippen LogP contribution in [0.4, 0.5) is 0 Å². The molecule has 0 aliphatic carbocycles. The molecule has 2 rings (SSSR count). The zero-order valence-electron chi connectivity index (χ0n) is 12.1. The Bertz CT molecular complexity index is 753. The minimum Gasteiger partial charge on any atom is -0.351 e. The van der Waals surface area contributed by atoms with E-state index in [0.29, 0.717) is 23.7 Å². The SMILES string of the molecule is Cc1cncn(CCNC(=O)/C=C/c2ccccc2Cl)c1=O. The van der Waals surface area contributed by atoms with E-state index in [2.05, 4.69) is 10.3 Å². The standard InChI is InChI=1S/C16H16ClN3O2/c1-12-10-18-11-20(16(12)22)9-8-19-15(21)7-6-13-4-2-3-5-14(13)17/h2-7,10-11H,8-9H2,1H3,(H,19,21)/b7-6+. The number of hydrogen-bond acceptors (Lipinski definition) is 3. The van der Waals surface area contributed by atoms with Gasteiger partial charge in [0, 0.05) is 35.9 Å². The second kappa shape index (κ2) is 7.56. The number of amides is 1. The Labute approximate surface area is 133 Å². The number of aromatic nitrogens is 2. The molecule has 114 valence electrons. The highest BCUT2D eigenvalue weighted by atomic mass is 35.5. The van der Waals surface area contributed by atoms with Gasteiger partial charge in [-0.1, -0.05) is 29.8 Å². The molecular formula is C16H16ClN3O2. The summed E-state index contributed by atoms with van der Waals surface area (Å²) in [5, 5.41) is 3.30. The molecule has 22 heavy (non-hydrogen) atoms. The van der Waals surface area contributed by atoms with E-state index in [4.69, 9.17) is 11.6 Å². The second-order valence-corrected chi connectivity index (χ2v) is 5.13. The monoisotopic (exact) mass is 317 g/mol. The summed E-state index contributed by atoms with van der Waals surface area (Å²) in [5.74, 6) is -0.242. The van der Waals surface area contributed by atoms with Gasteiger partial charge >= 0.3 is 0 Å². The Hall–Kier alpha value is -2.40. The normalized spacial score (nSPS) is 10.8. The lowest BCUT2D eigenvalue weighted by molar-refractivity contribution is -0.116. The van der Waals surface area contributed by atoms with Crippen LogP contribution in [-0.4, -0.2) is 22.0 Å². The smallest absolute Gasteiger partial charge is 0.256 e. The summed E-state index contributed by atoms with van der Waals surface area (Å²) in [6.45, 7) is 2.42. The summed E-state index contributed by atoms with van der Waals surface area (Å²) in [4.78, 5) is 27.5. The Morgan fingerprint density at radius 1 is 1.41 bits per heavy atom. The lowest BCUT2D eigenvalue weighted by Crippen LogP contribution is -2.30. The highest BCUT2D eigenvalue weighted by molar-refractivity contribution is 6.32. The van der Waals surface area contributed by atoms with Crippen molar-refractivity contribution in [2.45, 2.75) is 13.5 Å². The molecule has 0 aliphatic rings. The number of nitrogens with zero attached hydrogens (tertiary/aromatic N) is 2. The van der Waals surface area contributed by atoms with Gasteiger partial charge in [0.25, 0.3) is 5.56 Å². The van der Waals surface area contributed by atoms with Crippen molar-refractivity contribution < 1.29 is 4.79 Å². The molecule has 0 atom stereocenters. The maximum absolute atomic E-state index is 11.8. The molecule has 0 saturated heterocycles. The average Bonchev–Trinajstić information content (AvgIpc) is 2.51. The zero-order chi connectivity index (χ0) is 15.9. The second-order valence-electron chi connectivity index (χ2n) is 4.72. The Morgan fingerprint density at radius 2 is 2.18 bits per heavy atom. The fourth-order valence-electron chi connectivity index (χ4n) is 1.85. The van der Waals surface area contributed by atoms with Gasteiger partial charge in [0.05, 0.1) is 6.33 Å². The molecule has 0 radical (unpaired) electrons. The van der Waals surface area contributed by atoms with Gasteiger partial charge in [0.1, 0.15) is 0 Å². The Balaban J connectivity index is 1.87. The number of benzene rings is 1. The first-order valence-electron chi connectivity index (χ1n) is 6.79. The largest absolute Gasteiger partial charge is 0.351 e. The van der Waals surface area contributed by atoms with Crippen molar-refractivity contribution in [2.75, 3.05) is 6.54 Å². The molecule has 0 fully saturated rings. The number of carbonyl (C=O) groups is 1. The minimum atomic E-state index is -0.242. The maximum atomic E-state index is 11.8. The summed E-state index contributed by atoms with van der Waals surface area (Å²) in [5.41, 5.74) is 1.25. The van der Waals surface area contributed by atoms with E-state index in [-0.39, 0.29) is 11.5 Å². The van der Waals surface area contributed by atoms with Crippen LogP contribution < -0.4 is 10.9 Å². The number of rotatable bonds is 5. The Morgan fingerprint density at radius 3 is 2.95 bits per heavy atom. The van der Waals surface area contributed by atoms with Crippen molar-refractivity contribution in [1.82, 2.24) is 14.9 Å². The van der Waals surface area contributed by atoms with Gasteiger partial charge in [-0.25, -0.2) is 4.98 Å². The third kappa shape index (κ3) is 4.30. The van der Waals surface area contributed by atoms with Crippen LogP contribution >= 0.6 is 11.6 Å². The van der Waals surface area contributed by atoms with Crippen LogP contribution in [0.5, 0.6) is 0 Å². The third-order valence-electron chi connectivity index (χ3n) is 3.04. The molecule has 0 aliphatic heterocycles. The predicted octanol–water partition coefficient (Wildman–Crippen LogP) is 2.03. The van der Waals surface area contributed by atoms with E-state index in [1.54, 1.807) is 19.1 Å². The Kier molecular flexibility index (Phi) is 5.49. The van der Waals surface area contributed by atoms with Crippen LogP contribution in [0.3, 0.4) is 0 Å². The third-order valence-corrected chi connectivity index (χ3v) is 3.39. The molecule has 0 unspecified atom stereocenters. The van der Waals surface area contributed by atoms with E-state index in [0.717, 1.165) is 5.56 Å². The predicted molar refractivity (Wildman–Crippen MR) is 86.7 cm³/mol. The van der Waals surface area contributed by atoms with Gasteiger partial charge in [0.2, 0.25) is 5.91 Å². The van der Waals surface area contributed by atoms with Crippen LogP contribution in [0.2, 0.25) is 5.02 Å². The molecule has 2 aromatic rings. The van der Waals surface area contributed by atoms with Crippen molar-refractivity contribution in [3.8, 4) is 0 Å². The van der Waals surface area contributed by atoms with Gasteiger partial charge < -0.3 is 5.32 Å². The van der Waals surface area contributed by atoms with Crippen LogP contribution in [0, 0.1) is 6.92 Å². The molecule has 0 bridgehead atoms. The summed E-state index contributed by atoms with van der Waals surface area (Å²) in [6.07, 6.45) is 6.04. The van der Waals surface area contributed by atoms with E-state index in [1.165, 1.54) is 23.2 Å². The van der Waals surface area contributed by atoms with Crippen molar-refractivity contribution in [1.29, 1.82) is 0 Å². The van der Waals surface area contributed by atoms with Crippen molar-refractivity contribution >= 4 is 23.6 Å². The van der Waals surface area contributed by atoms with Gasteiger partial charge in [-0.3, -0.25) is 14.2 Å². The highest BCUT2D eigenvalue weighted by Gasteiger charge is 2.01. The molecule has 1 aromatic heterocycles. The lowest BCUT2D eigenvalue weighted by atomic mass is 10.2. The minimum absolute atomic E-state index is 0.101. The average molecular weight is 318 g/mol. The lowest BCUT2D eigenvalue weighted by Gasteiger charge is -2.06. The first-order valence-corrected chi connectivity index (χ1v) is 7.17. The van der Waals surface area contributed by atoms with Crippen LogP contribution in [0.15, 0.2) is 47.7 Å². The van der Waals surface area contributed by atoms with Crippen LogP contribution in [0.25, 0.3) is 6.08 Å². The summed E-state index contributed by atoms with van der Waals surface area (Å²) >= 11 is 6.00. The van der Waals surface area contributed by atoms with Gasteiger partial charge in [-0.15, -0.1) is 0 Å². The van der Waals surface area contributed by atoms with Gasteiger partial charge in [-0.05, 0) is 24.6 Å². The highest BCUT2D eigenvalue weighted by Crippen LogP contribution is 2.15. The number of nitrogens with one attached hydrogen (secondary N) is 1. The molecule has 1 amide bonds. The molecule has 1 N–H and O–H groups in total. The number of halogens is 1. The van der Waals surface area contributed by atoms with Gasteiger partial charge in [0.15, 0.2) is 0 Å². The van der Waals surface area contributed by atoms with E-state index >= 15 is 0 Å². The number of aryl methyl sites for hydroxylation is 1. The number of hydrogen-bond donors (Lipinski definition) is 1. The molecule has 0 spiro atoms. The topological polar surface area (TPSA) is 64.0 Å². The molecule has 0 saturated carbocycles. The molecule has 5 nitrogen and oxygen atoms in total. The van der Waals surface area contributed by atoms with Gasteiger partial charge in [-0.2, -0.15) is 0 Å².